The second-order valence-electron chi connectivity index (χ2n) is 6.66. The highest BCUT2D eigenvalue weighted by molar-refractivity contribution is 7.10. The molecular weight excluding hydrogens is 364 g/mol. The van der Waals surface area contributed by atoms with Crippen molar-refractivity contribution in [1.29, 1.82) is 0 Å². The summed E-state index contributed by atoms with van der Waals surface area (Å²) in [5.41, 5.74) is 0.0797. The second kappa shape index (κ2) is 7.23. The molecule has 0 saturated carbocycles. The summed E-state index contributed by atoms with van der Waals surface area (Å²) in [5.74, 6) is 1.30. The molecule has 1 atom stereocenters. The summed E-state index contributed by atoms with van der Waals surface area (Å²) in [6, 6.07) is 8.93. The molecule has 1 aliphatic carbocycles. The Labute approximate surface area is 162 Å². The number of amides is 3. The van der Waals surface area contributed by atoms with Crippen LogP contribution in [-0.2, 0) is 16.8 Å². The first-order valence-corrected chi connectivity index (χ1v) is 10.1. The van der Waals surface area contributed by atoms with Crippen molar-refractivity contribution in [2.45, 2.75) is 31.7 Å². The predicted molar refractivity (Wildman–Crippen MR) is 102 cm³/mol. The molecule has 0 bridgehead atoms. The number of carbonyl (C=O) groups is 2. The molecule has 2 aromatic rings. The summed E-state index contributed by atoms with van der Waals surface area (Å²) in [6.45, 7) is 3.01. The standard InChI is InChI=1S/C20H22N2O4S/c1-2-25-14-5-7-15(8-6-14)26-12-11-22-18(23)20(21-19(22)24)10-3-4-17-16(20)9-13-27-17/h5-9,13H,2-4,10-12H2,1H3,(H,21,24)/t20-/m0/s1. The molecule has 7 heteroatoms. The smallest absolute Gasteiger partial charge is 0.325 e. The molecule has 142 valence electrons. The number of imide groups is 1. The van der Waals surface area contributed by atoms with Gasteiger partial charge in [0.05, 0.1) is 13.2 Å². The second-order valence-corrected chi connectivity index (χ2v) is 7.66. The summed E-state index contributed by atoms with van der Waals surface area (Å²) in [5, 5.41) is 4.95. The van der Waals surface area contributed by atoms with E-state index in [1.165, 1.54) is 9.78 Å². The van der Waals surface area contributed by atoms with Crippen LogP contribution in [0.25, 0.3) is 0 Å². The molecule has 1 saturated heterocycles. The lowest BCUT2D eigenvalue weighted by Crippen LogP contribution is -2.46. The molecule has 0 radical (unpaired) electrons. The van der Waals surface area contributed by atoms with Gasteiger partial charge in [0.1, 0.15) is 23.6 Å². The van der Waals surface area contributed by atoms with Crippen LogP contribution in [0.3, 0.4) is 0 Å². The van der Waals surface area contributed by atoms with E-state index < -0.39 is 5.54 Å². The maximum Gasteiger partial charge on any atom is 0.325 e. The normalized spacial score (nSPS) is 21.3. The van der Waals surface area contributed by atoms with Crippen LogP contribution in [0.4, 0.5) is 4.79 Å². The number of urea groups is 1. The molecule has 3 amide bonds. The third kappa shape index (κ3) is 3.16. The summed E-state index contributed by atoms with van der Waals surface area (Å²) in [6.07, 6.45) is 2.52. The number of fused-ring (bicyclic) bond motifs is 2. The number of hydrogen-bond donors (Lipinski definition) is 1. The predicted octanol–water partition coefficient (Wildman–Crippen LogP) is 3.31. The van der Waals surface area contributed by atoms with Gasteiger partial charge in [-0.1, -0.05) is 0 Å². The van der Waals surface area contributed by atoms with Crippen LogP contribution in [0.1, 0.15) is 30.2 Å². The maximum absolute atomic E-state index is 13.1. The first-order valence-electron chi connectivity index (χ1n) is 9.20. The molecule has 6 nitrogen and oxygen atoms in total. The van der Waals surface area contributed by atoms with Crippen molar-refractivity contribution < 1.29 is 19.1 Å². The Kier molecular flexibility index (Phi) is 4.78. The van der Waals surface area contributed by atoms with Crippen molar-refractivity contribution >= 4 is 23.3 Å². The number of aryl methyl sites for hydroxylation is 1. The van der Waals surface area contributed by atoms with Gasteiger partial charge < -0.3 is 14.8 Å². The van der Waals surface area contributed by atoms with Crippen molar-refractivity contribution in [3.63, 3.8) is 0 Å². The topological polar surface area (TPSA) is 67.9 Å². The summed E-state index contributed by atoms with van der Waals surface area (Å²) < 4.78 is 11.1. The van der Waals surface area contributed by atoms with Crippen LogP contribution < -0.4 is 14.8 Å². The summed E-state index contributed by atoms with van der Waals surface area (Å²) in [4.78, 5) is 28.0. The van der Waals surface area contributed by atoms with Crippen LogP contribution in [0.5, 0.6) is 11.5 Å². The molecule has 2 heterocycles. The van der Waals surface area contributed by atoms with Crippen LogP contribution >= 0.6 is 11.3 Å². The number of carbonyl (C=O) groups excluding carboxylic acids is 2. The van der Waals surface area contributed by atoms with E-state index in [-0.39, 0.29) is 25.1 Å². The average Bonchev–Trinajstić information content (AvgIpc) is 3.24. The van der Waals surface area contributed by atoms with E-state index in [0.29, 0.717) is 18.8 Å². The molecule has 1 aromatic carbocycles. The van der Waals surface area contributed by atoms with Gasteiger partial charge in [0.2, 0.25) is 0 Å². The van der Waals surface area contributed by atoms with Gasteiger partial charge in [-0.3, -0.25) is 9.69 Å². The highest BCUT2D eigenvalue weighted by atomic mass is 32.1. The Morgan fingerprint density at radius 1 is 1.15 bits per heavy atom. The average molecular weight is 386 g/mol. The van der Waals surface area contributed by atoms with Gasteiger partial charge in [0.15, 0.2) is 0 Å². The number of nitrogens with one attached hydrogen (secondary N) is 1. The third-order valence-corrected chi connectivity index (χ3v) is 6.04. The van der Waals surface area contributed by atoms with Gasteiger partial charge in [-0.15, -0.1) is 11.3 Å². The number of ether oxygens (including phenoxy) is 2. The van der Waals surface area contributed by atoms with Crippen molar-refractivity contribution in [3.8, 4) is 11.5 Å². The van der Waals surface area contributed by atoms with Crippen molar-refractivity contribution in [2.24, 2.45) is 0 Å². The molecule has 4 rings (SSSR count). The number of rotatable bonds is 6. The molecular formula is C20H22N2O4S. The lowest BCUT2D eigenvalue weighted by molar-refractivity contribution is -0.132. The maximum atomic E-state index is 13.1. The number of benzene rings is 1. The highest BCUT2D eigenvalue weighted by Gasteiger charge is 2.54. The van der Waals surface area contributed by atoms with Gasteiger partial charge in [-0.2, -0.15) is 0 Å². The Balaban J connectivity index is 1.40. The van der Waals surface area contributed by atoms with E-state index >= 15 is 0 Å². The Bertz CT molecular complexity index is 848. The molecule has 1 N–H and O–H groups in total. The fourth-order valence-corrected chi connectivity index (χ4v) is 4.80. The first kappa shape index (κ1) is 17.9. The van der Waals surface area contributed by atoms with Crippen LogP contribution in [0, 0.1) is 0 Å². The zero-order valence-electron chi connectivity index (χ0n) is 15.2. The fraction of sp³-hybridized carbons (Fsp3) is 0.400. The Morgan fingerprint density at radius 2 is 1.89 bits per heavy atom. The van der Waals surface area contributed by atoms with Crippen LogP contribution in [0.15, 0.2) is 35.7 Å². The highest BCUT2D eigenvalue weighted by Crippen LogP contribution is 2.42. The fourth-order valence-electron chi connectivity index (χ4n) is 3.80. The van der Waals surface area contributed by atoms with Crippen molar-refractivity contribution in [1.82, 2.24) is 10.2 Å². The van der Waals surface area contributed by atoms with E-state index in [9.17, 15) is 9.59 Å². The quantitative estimate of drug-likeness (QED) is 0.774. The molecule has 1 aromatic heterocycles. The molecule has 1 fully saturated rings. The van der Waals surface area contributed by atoms with E-state index in [2.05, 4.69) is 5.32 Å². The molecule has 2 aliphatic rings. The lowest BCUT2D eigenvalue weighted by Gasteiger charge is -2.31. The van der Waals surface area contributed by atoms with Crippen LogP contribution in [0.2, 0.25) is 0 Å². The van der Waals surface area contributed by atoms with Gasteiger partial charge in [-0.25, -0.2) is 4.79 Å². The van der Waals surface area contributed by atoms with E-state index in [4.69, 9.17) is 9.47 Å². The largest absolute Gasteiger partial charge is 0.494 e. The number of thiophene rings is 1. The zero-order valence-corrected chi connectivity index (χ0v) is 16.0. The van der Waals surface area contributed by atoms with Gasteiger partial charge >= 0.3 is 6.03 Å². The first-order chi connectivity index (χ1) is 13.1. The monoisotopic (exact) mass is 386 g/mol. The zero-order chi connectivity index (χ0) is 18.9. The Morgan fingerprint density at radius 3 is 2.63 bits per heavy atom. The lowest BCUT2D eigenvalue weighted by atomic mass is 9.80. The van der Waals surface area contributed by atoms with Gasteiger partial charge in [-0.05, 0) is 61.9 Å². The molecule has 27 heavy (non-hydrogen) atoms. The van der Waals surface area contributed by atoms with E-state index in [0.717, 1.165) is 24.2 Å². The van der Waals surface area contributed by atoms with E-state index in [1.54, 1.807) is 11.3 Å². The van der Waals surface area contributed by atoms with Gasteiger partial charge in [0.25, 0.3) is 5.91 Å². The van der Waals surface area contributed by atoms with E-state index in [1.807, 2.05) is 42.6 Å². The minimum atomic E-state index is -0.885. The van der Waals surface area contributed by atoms with Gasteiger partial charge in [0, 0.05) is 10.4 Å². The molecule has 1 aliphatic heterocycles. The minimum absolute atomic E-state index is 0.165. The summed E-state index contributed by atoms with van der Waals surface area (Å²) in [7, 11) is 0. The minimum Gasteiger partial charge on any atom is -0.494 e. The van der Waals surface area contributed by atoms with Crippen molar-refractivity contribution in [3.05, 3.63) is 46.2 Å². The SMILES string of the molecule is CCOc1ccc(OCCN2C(=O)N[C@]3(CCCc4sccc43)C2=O)cc1. The van der Waals surface area contributed by atoms with Crippen molar-refractivity contribution in [2.75, 3.05) is 19.8 Å². The number of nitrogens with zero attached hydrogens (tertiary/aromatic N) is 1. The molecule has 0 unspecified atom stereocenters. The Hall–Kier alpha value is -2.54. The summed E-state index contributed by atoms with van der Waals surface area (Å²) >= 11 is 1.65. The van der Waals surface area contributed by atoms with Crippen LogP contribution in [-0.4, -0.2) is 36.6 Å². The third-order valence-electron chi connectivity index (χ3n) is 5.05. The number of hydrogen-bond acceptors (Lipinski definition) is 5. The molecule has 1 spiro atoms.